The molecule has 0 N–H and O–H groups in total. The average molecular weight is 251 g/mol. The molecule has 0 aromatic carbocycles. The van der Waals surface area contributed by atoms with Gasteiger partial charge in [-0.1, -0.05) is 0 Å². The number of amides is 1. The highest BCUT2D eigenvalue weighted by atomic mass is 16.5. The van der Waals surface area contributed by atoms with Gasteiger partial charge in [0.05, 0.1) is 12.6 Å². The van der Waals surface area contributed by atoms with Crippen LogP contribution in [-0.4, -0.2) is 43.4 Å². The third-order valence-corrected chi connectivity index (χ3v) is 4.26. The standard InChI is InChI=1S/C14H21NO3/c1-17-14-12-7-3-2-6-11(12)13(16)15(14)9-10-5-4-8-18-10/h10,14H,2-9H2,1H3/t10-,14-/m0/s1. The van der Waals surface area contributed by atoms with Gasteiger partial charge in [-0.2, -0.15) is 0 Å². The van der Waals surface area contributed by atoms with Crippen molar-refractivity contribution in [2.75, 3.05) is 20.3 Å². The summed E-state index contributed by atoms with van der Waals surface area (Å²) in [4.78, 5) is 14.3. The molecule has 1 saturated heterocycles. The molecule has 0 aromatic rings. The second kappa shape index (κ2) is 5.02. The van der Waals surface area contributed by atoms with E-state index in [1.807, 2.05) is 4.90 Å². The minimum absolute atomic E-state index is 0.128. The lowest BCUT2D eigenvalue weighted by Gasteiger charge is -2.28. The van der Waals surface area contributed by atoms with Crippen molar-refractivity contribution in [2.24, 2.45) is 0 Å². The Bertz CT molecular complexity index is 371. The first-order valence-electron chi connectivity index (χ1n) is 6.98. The first-order chi connectivity index (χ1) is 8.81. The summed E-state index contributed by atoms with van der Waals surface area (Å²) < 4.78 is 11.2. The van der Waals surface area contributed by atoms with Crippen molar-refractivity contribution in [1.82, 2.24) is 4.90 Å². The highest BCUT2D eigenvalue weighted by Gasteiger charge is 2.41. The lowest BCUT2D eigenvalue weighted by atomic mass is 9.93. The SMILES string of the molecule is CO[C@H]1C2=C(CCCC2)C(=O)N1C[C@@H]1CCCO1. The van der Waals surface area contributed by atoms with E-state index in [0.717, 1.165) is 44.3 Å². The highest BCUT2D eigenvalue weighted by molar-refractivity contribution is 5.97. The summed E-state index contributed by atoms with van der Waals surface area (Å²) in [5.41, 5.74) is 2.25. The largest absolute Gasteiger partial charge is 0.376 e. The summed E-state index contributed by atoms with van der Waals surface area (Å²) in [7, 11) is 1.70. The molecule has 1 fully saturated rings. The van der Waals surface area contributed by atoms with E-state index in [1.165, 1.54) is 12.0 Å². The number of carbonyl (C=O) groups is 1. The van der Waals surface area contributed by atoms with Crippen molar-refractivity contribution in [3.05, 3.63) is 11.1 Å². The molecule has 4 nitrogen and oxygen atoms in total. The van der Waals surface area contributed by atoms with Crippen LogP contribution < -0.4 is 0 Å². The van der Waals surface area contributed by atoms with Gasteiger partial charge in [0.2, 0.25) is 0 Å². The van der Waals surface area contributed by atoms with Crippen molar-refractivity contribution in [3.8, 4) is 0 Å². The van der Waals surface area contributed by atoms with Crippen molar-refractivity contribution in [2.45, 2.75) is 50.9 Å². The summed E-state index contributed by atoms with van der Waals surface area (Å²) in [6, 6.07) is 0. The third kappa shape index (κ3) is 1.97. The molecule has 2 heterocycles. The Kier molecular flexibility index (Phi) is 3.39. The van der Waals surface area contributed by atoms with Crippen LogP contribution >= 0.6 is 0 Å². The van der Waals surface area contributed by atoms with E-state index in [1.54, 1.807) is 7.11 Å². The molecule has 3 aliphatic rings. The Morgan fingerprint density at radius 2 is 2.17 bits per heavy atom. The quantitative estimate of drug-likeness (QED) is 0.768. The van der Waals surface area contributed by atoms with Gasteiger partial charge in [-0.3, -0.25) is 4.79 Å². The second-order valence-corrected chi connectivity index (χ2v) is 5.39. The third-order valence-electron chi connectivity index (χ3n) is 4.26. The van der Waals surface area contributed by atoms with Crippen LogP contribution in [0.25, 0.3) is 0 Å². The smallest absolute Gasteiger partial charge is 0.252 e. The van der Waals surface area contributed by atoms with E-state index in [2.05, 4.69) is 0 Å². The summed E-state index contributed by atoms with van der Waals surface area (Å²) in [6.07, 6.45) is 6.50. The molecular weight excluding hydrogens is 230 g/mol. The Morgan fingerprint density at radius 3 is 2.89 bits per heavy atom. The van der Waals surface area contributed by atoms with Crippen molar-refractivity contribution >= 4 is 5.91 Å². The molecular formula is C14H21NO3. The fourth-order valence-corrected chi connectivity index (χ4v) is 3.37. The average Bonchev–Trinajstić information content (AvgIpc) is 2.99. The zero-order chi connectivity index (χ0) is 12.5. The van der Waals surface area contributed by atoms with Crippen LogP contribution in [0.15, 0.2) is 11.1 Å². The van der Waals surface area contributed by atoms with Gasteiger partial charge in [0.15, 0.2) is 6.23 Å². The number of rotatable bonds is 3. The fourth-order valence-electron chi connectivity index (χ4n) is 3.37. The van der Waals surface area contributed by atoms with Crippen LogP contribution in [0, 0.1) is 0 Å². The summed E-state index contributed by atoms with van der Waals surface area (Å²) in [5.74, 6) is 0.187. The number of nitrogens with zero attached hydrogens (tertiary/aromatic N) is 1. The Balaban J connectivity index is 1.76. The molecule has 4 heteroatoms. The van der Waals surface area contributed by atoms with Gasteiger partial charge in [-0.05, 0) is 44.1 Å². The van der Waals surface area contributed by atoms with E-state index >= 15 is 0 Å². The van der Waals surface area contributed by atoms with Gasteiger partial charge in [-0.15, -0.1) is 0 Å². The predicted octanol–water partition coefficient (Wildman–Crippen LogP) is 1.85. The van der Waals surface area contributed by atoms with E-state index in [4.69, 9.17) is 9.47 Å². The Labute approximate surface area is 108 Å². The van der Waals surface area contributed by atoms with Crippen LogP contribution in [0.1, 0.15) is 38.5 Å². The van der Waals surface area contributed by atoms with E-state index in [9.17, 15) is 4.79 Å². The van der Waals surface area contributed by atoms with Crippen molar-refractivity contribution in [3.63, 3.8) is 0 Å². The first kappa shape index (κ1) is 12.2. The van der Waals surface area contributed by atoms with Crippen LogP contribution in [0.5, 0.6) is 0 Å². The normalized spacial score (nSPS) is 32.3. The zero-order valence-electron chi connectivity index (χ0n) is 11.0. The van der Waals surface area contributed by atoms with Gasteiger partial charge in [-0.25, -0.2) is 0 Å². The zero-order valence-corrected chi connectivity index (χ0v) is 11.0. The van der Waals surface area contributed by atoms with Gasteiger partial charge in [0.1, 0.15) is 0 Å². The summed E-state index contributed by atoms with van der Waals surface area (Å²) in [6.45, 7) is 1.52. The molecule has 0 aromatic heterocycles. The fraction of sp³-hybridized carbons (Fsp3) is 0.786. The first-order valence-corrected chi connectivity index (χ1v) is 6.98. The number of methoxy groups -OCH3 is 1. The maximum atomic E-state index is 12.4. The van der Waals surface area contributed by atoms with Crippen LogP contribution in [0.2, 0.25) is 0 Å². The van der Waals surface area contributed by atoms with Crippen molar-refractivity contribution in [1.29, 1.82) is 0 Å². The van der Waals surface area contributed by atoms with Gasteiger partial charge >= 0.3 is 0 Å². The molecule has 18 heavy (non-hydrogen) atoms. The van der Waals surface area contributed by atoms with Crippen LogP contribution in [0.3, 0.4) is 0 Å². The molecule has 3 rings (SSSR count). The minimum atomic E-state index is -0.128. The highest BCUT2D eigenvalue weighted by Crippen LogP contribution is 2.37. The molecule has 1 amide bonds. The molecule has 0 unspecified atom stereocenters. The number of carbonyl (C=O) groups excluding carboxylic acids is 1. The van der Waals surface area contributed by atoms with E-state index in [0.29, 0.717) is 6.54 Å². The molecule has 2 aliphatic heterocycles. The molecule has 0 bridgehead atoms. The van der Waals surface area contributed by atoms with Crippen LogP contribution in [-0.2, 0) is 14.3 Å². The molecule has 100 valence electrons. The Hall–Kier alpha value is -0.870. The number of ether oxygens (including phenoxy) is 2. The molecule has 0 spiro atoms. The van der Waals surface area contributed by atoms with Crippen molar-refractivity contribution < 1.29 is 14.3 Å². The second-order valence-electron chi connectivity index (χ2n) is 5.39. The summed E-state index contributed by atoms with van der Waals surface area (Å²) in [5, 5.41) is 0. The van der Waals surface area contributed by atoms with Gasteiger partial charge in [0, 0.05) is 19.3 Å². The lowest BCUT2D eigenvalue weighted by Crippen LogP contribution is -2.41. The molecule has 0 radical (unpaired) electrons. The minimum Gasteiger partial charge on any atom is -0.376 e. The van der Waals surface area contributed by atoms with Gasteiger partial charge in [0.25, 0.3) is 5.91 Å². The Morgan fingerprint density at radius 1 is 1.33 bits per heavy atom. The van der Waals surface area contributed by atoms with Gasteiger partial charge < -0.3 is 14.4 Å². The number of hydrogen-bond acceptors (Lipinski definition) is 3. The van der Waals surface area contributed by atoms with E-state index < -0.39 is 0 Å². The summed E-state index contributed by atoms with van der Waals surface area (Å²) >= 11 is 0. The van der Waals surface area contributed by atoms with Crippen LogP contribution in [0.4, 0.5) is 0 Å². The van der Waals surface area contributed by atoms with E-state index in [-0.39, 0.29) is 18.2 Å². The molecule has 2 atom stereocenters. The maximum absolute atomic E-state index is 12.4. The predicted molar refractivity (Wildman–Crippen MR) is 67.0 cm³/mol. The molecule has 0 saturated carbocycles. The topological polar surface area (TPSA) is 38.8 Å². The monoisotopic (exact) mass is 251 g/mol. The molecule has 1 aliphatic carbocycles. The maximum Gasteiger partial charge on any atom is 0.252 e. The number of hydrogen-bond donors (Lipinski definition) is 0. The lowest BCUT2D eigenvalue weighted by molar-refractivity contribution is -0.136.